The van der Waals surface area contributed by atoms with Crippen molar-refractivity contribution in [2.45, 2.75) is 12.4 Å². The Morgan fingerprint density at radius 2 is 1.37 bits per heavy atom. The number of carbonyl (C=O) groups excluding carboxylic acids is 2. The smallest absolute Gasteiger partial charge is 0.427 e. The second-order valence-electron chi connectivity index (χ2n) is 6.58. The summed E-state index contributed by atoms with van der Waals surface area (Å²) in [6.45, 7) is 0. The zero-order valence-electron chi connectivity index (χ0n) is 17.0. The lowest BCUT2D eigenvalue weighted by molar-refractivity contribution is -0.170. The molecule has 8 nitrogen and oxygen atoms in total. The maximum atomic E-state index is 12.3. The maximum Gasteiger partial charge on any atom is 0.471 e. The van der Waals surface area contributed by atoms with E-state index in [1.54, 1.807) is 5.32 Å². The van der Waals surface area contributed by atoms with E-state index in [1.165, 1.54) is 36.4 Å². The lowest BCUT2D eigenvalue weighted by atomic mass is 10.2. The highest BCUT2D eigenvalue weighted by Crippen LogP contribution is 2.27. The summed E-state index contributed by atoms with van der Waals surface area (Å²) in [5, 5.41) is 1.44. The molecule has 186 valence electrons. The molecular formula is C19H10Cl2F6N4O4. The molecule has 4 rings (SSSR count). The minimum Gasteiger partial charge on any atom is -0.427 e. The number of alkyl halides is 6. The molecule has 2 amide bonds. The number of anilines is 2. The molecular weight excluding hydrogens is 533 g/mol. The van der Waals surface area contributed by atoms with Gasteiger partial charge in [0, 0.05) is 30.6 Å². The lowest BCUT2D eigenvalue weighted by Gasteiger charge is -2.18. The van der Waals surface area contributed by atoms with Crippen LogP contribution >= 0.6 is 23.2 Å². The first-order chi connectivity index (χ1) is 16.1. The molecule has 0 aliphatic heterocycles. The van der Waals surface area contributed by atoms with E-state index < -0.39 is 24.2 Å². The summed E-state index contributed by atoms with van der Waals surface area (Å²) in [7, 11) is 1.02. The molecule has 0 atom stereocenters. The number of nitrogens with one attached hydrogen (secondary N) is 1. The topological polar surface area (TPSA) is 101 Å². The molecule has 0 spiro atoms. The van der Waals surface area contributed by atoms with E-state index in [4.69, 9.17) is 32.0 Å². The van der Waals surface area contributed by atoms with Crippen LogP contribution in [-0.2, 0) is 9.59 Å². The monoisotopic (exact) mass is 542 g/mol. The van der Waals surface area contributed by atoms with Crippen LogP contribution in [0.1, 0.15) is 0 Å². The first-order valence-corrected chi connectivity index (χ1v) is 9.76. The highest BCUT2D eigenvalue weighted by molar-refractivity contribution is 6.28. The van der Waals surface area contributed by atoms with Gasteiger partial charge in [-0.2, -0.15) is 36.3 Å². The van der Waals surface area contributed by atoms with Crippen LogP contribution in [0, 0.1) is 0 Å². The van der Waals surface area contributed by atoms with E-state index in [2.05, 4.69) is 9.97 Å². The third-order valence-corrected chi connectivity index (χ3v) is 4.48. The van der Waals surface area contributed by atoms with Gasteiger partial charge in [-0.05, 0) is 47.5 Å². The molecule has 0 aliphatic carbocycles. The molecule has 2 heterocycles. The van der Waals surface area contributed by atoms with Crippen molar-refractivity contribution in [1.82, 2.24) is 9.97 Å². The zero-order chi connectivity index (χ0) is 26.1. The van der Waals surface area contributed by atoms with Crippen molar-refractivity contribution in [3.05, 3.63) is 47.1 Å². The van der Waals surface area contributed by atoms with Crippen molar-refractivity contribution in [2.75, 3.05) is 17.3 Å². The fourth-order valence-corrected chi connectivity index (χ4v) is 2.93. The zero-order valence-corrected chi connectivity index (χ0v) is 18.5. The Hall–Kier alpha value is -3.52. The normalized spacial score (nSPS) is 11.8. The van der Waals surface area contributed by atoms with Crippen molar-refractivity contribution in [3.8, 4) is 0 Å². The predicted molar refractivity (Wildman–Crippen MR) is 112 cm³/mol. The molecule has 0 saturated heterocycles. The van der Waals surface area contributed by atoms with E-state index >= 15 is 0 Å². The summed E-state index contributed by atoms with van der Waals surface area (Å²) in [5.41, 5.74) is 1.18. The Morgan fingerprint density at radius 1 is 0.857 bits per heavy atom. The summed E-state index contributed by atoms with van der Waals surface area (Å²) in [4.78, 5) is 29.7. The first kappa shape index (κ1) is 26.1. The Morgan fingerprint density at radius 3 is 1.89 bits per heavy atom. The Kier molecular flexibility index (Phi) is 7.17. The third-order valence-electron chi connectivity index (χ3n) is 4.16. The van der Waals surface area contributed by atoms with Crippen LogP contribution in [0.4, 0.5) is 37.7 Å². The quantitative estimate of drug-likeness (QED) is 0.312. The standard InChI is InChI=1S/C10H6ClF3N2O2.C9H4ClF3N2O2/c1-16(8(17)10(12,13)14)5-2-3-6-7(4-5)18-9(11)15-6;10-8-15-5-2-1-4(3-6(5)17-8)14-7(16)9(11,12)13/h2-4H,1H3;1-3H,(H,14,16). The van der Waals surface area contributed by atoms with Crippen LogP contribution in [0.15, 0.2) is 45.2 Å². The van der Waals surface area contributed by atoms with E-state index in [0.717, 1.165) is 7.05 Å². The van der Waals surface area contributed by atoms with Gasteiger partial charge >= 0.3 is 24.2 Å². The molecule has 0 fully saturated rings. The second kappa shape index (κ2) is 9.62. The van der Waals surface area contributed by atoms with Crippen molar-refractivity contribution < 1.29 is 44.8 Å². The minimum atomic E-state index is -4.94. The average molecular weight is 543 g/mol. The van der Waals surface area contributed by atoms with Crippen molar-refractivity contribution >= 4 is 68.6 Å². The summed E-state index contributed by atoms with van der Waals surface area (Å²) in [5.74, 6) is -4.02. The molecule has 0 radical (unpaired) electrons. The van der Waals surface area contributed by atoms with E-state index in [-0.39, 0.29) is 33.2 Å². The largest absolute Gasteiger partial charge is 0.471 e. The SMILES string of the molecule is CN(C(=O)C(F)(F)F)c1ccc2nc(Cl)oc2c1.O=C(Nc1ccc2nc(Cl)oc2c1)C(F)(F)F. The fraction of sp³-hybridized carbons (Fsp3) is 0.158. The van der Waals surface area contributed by atoms with Gasteiger partial charge in [0.1, 0.15) is 11.0 Å². The number of hydrogen-bond donors (Lipinski definition) is 1. The van der Waals surface area contributed by atoms with Crippen LogP contribution in [0.5, 0.6) is 0 Å². The van der Waals surface area contributed by atoms with Gasteiger partial charge in [-0.3, -0.25) is 9.59 Å². The summed E-state index contributed by atoms with van der Waals surface area (Å²) in [6, 6.07) is 7.86. The number of halogens is 8. The molecule has 16 heteroatoms. The molecule has 4 aromatic rings. The number of hydrogen-bond acceptors (Lipinski definition) is 6. The number of fused-ring (bicyclic) bond motifs is 2. The van der Waals surface area contributed by atoms with Crippen molar-refractivity contribution in [2.24, 2.45) is 0 Å². The van der Waals surface area contributed by atoms with Crippen LogP contribution in [0.25, 0.3) is 22.2 Å². The molecule has 0 unspecified atom stereocenters. The van der Waals surface area contributed by atoms with Gasteiger partial charge in [-0.1, -0.05) is 0 Å². The summed E-state index contributed by atoms with van der Waals surface area (Å²) >= 11 is 11.0. The number of rotatable bonds is 2. The number of nitrogens with zero attached hydrogens (tertiary/aromatic N) is 3. The van der Waals surface area contributed by atoms with Crippen molar-refractivity contribution in [1.29, 1.82) is 0 Å². The van der Waals surface area contributed by atoms with Crippen LogP contribution in [0.2, 0.25) is 10.7 Å². The molecule has 0 bridgehead atoms. The Bertz CT molecular complexity index is 1400. The van der Waals surface area contributed by atoms with Gasteiger partial charge in [0.15, 0.2) is 11.2 Å². The van der Waals surface area contributed by atoms with Crippen molar-refractivity contribution in [3.63, 3.8) is 0 Å². The Labute approximate surface area is 200 Å². The molecule has 2 aromatic heterocycles. The average Bonchev–Trinajstić information content (AvgIpc) is 3.31. The number of carbonyl (C=O) groups is 2. The highest BCUT2D eigenvalue weighted by atomic mass is 35.5. The maximum absolute atomic E-state index is 12.3. The van der Waals surface area contributed by atoms with Crippen LogP contribution in [0.3, 0.4) is 0 Å². The lowest BCUT2D eigenvalue weighted by Crippen LogP contribution is -2.38. The molecule has 0 aliphatic rings. The number of benzene rings is 2. The summed E-state index contributed by atoms with van der Waals surface area (Å²) < 4.78 is 82.6. The van der Waals surface area contributed by atoms with Crippen LogP contribution in [-0.4, -0.2) is 41.2 Å². The molecule has 35 heavy (non-hydrogen) atoms. The molecule has 1 N–H and O–H groups in total. The summed E-state index contributed by atoms with van der Waals surface area (Å²) in [6.07, 6.45) is -9.86. The molecule has 0 saturated carbocycles. The molecule has 2 aromatic carbocycles. The third kappa shape index (κ3) is 6.33. The van der Waals surface area contributed by atoms with Gasteiger partial charge in [0.25, 0.3) is 10.7 Å². The minimum absolute atomic E-state index is 0.0395. The second-order valence-corrected chi connectivity index (χ2v) is 7.23. The fourth-order valence-electron chi connectivity index (χ4n) is 2.58. The van der Waals surface area contributed by atoms with Gasteiger partial charge in [0.2, 0.25) is 0 Å². The first-order valence-electron chi connectivity index (χ1n) is 9.00. The van der Waals surface area contributed by atoms with Gasteiger partial charge in [-0.15, -0.1) is 0 Å². The Balaban J connectivity index is 0.000000196. The van der Waals surface area contributed by atoms with E-state index in [1.807, 2.05) is 0 Å². The predicted octanol–water partition coefficient (Wildman–Crippen LogP) is 5.99. The number of aromatic nitrogens is 2. The van der Waals surface area contributed by atoms with E-state index in [9.17, 15) is 35.9 Å². The van der Waals surface area contributed by atoms with Gasteiger partial charge < -0.3 is 19.1 Å². The number of amides is 2. The van der Waals surface area contributed by atoms with Crippen LogP contribution < -0.4 is 10.2 Å². The highest BCUT2D eigenvalue weighted by Gasteiger charge is 2.42. The van der Waals surface area contributed by atoms with Gasteiger partial charge in [0.05, 0.1) is 0 Å². The number of oxazole rings is 2. The van der Waals surface area contributed by atoms with E-state index in [0.29, 0.717) is 15.9 Å². The van der Waals surface area contributed by atoms with Gasteiger partial charge in [-0.25, -0.2) is 0 Å².